The fraction of sp³-hybridized carbons (Fsp3) is 0.692. The predicted octanol–water partition coefficient (Wildman–Crippen LogP) is 5.07. The Kier molecular flexibility index (Phi) is 10.4. The third-order valence-corrected chi connectivity index (χ3v) is 7.08. The second-order valence-corrected chi connectivity index (χ2v) is 8.92. The average Bonchev–Trinajstić information content (AvgIpc) is 2.80. The molecule has 3 N–H and O–H groups in total. The van der Waals surface area contributed by atoms with Crippen LogP contribution in [-0.4, -0.2) is 40.7 Å². The fourth-order valence-electron chi connectivity index (χ4n) is 4.66. The molecule has 4 nitrogen and oxygen atoms in total. The quantitative estimate of drug-likeness (QED) is 0.391. The van der Waals surface area contributed by atoms with Gasteiger partial charge in [0.05, 0.1) is 31.2 Å². The van der Waals surface area contributed by atoms with Gasteiger partial charge in [-0.3, -0.25) is 0 Å². The highest BCUT2D eigenvalue weighted by Crippen LogP contribution is 2.34. The van der Waals surface area contributed by atoms with E-state index in [-0.39, 0.29) is 19.1 Å². The van der Waals surface area contributed by atoms with E-state index in [0.717, 1.165) is 68.3 Å². The largest absolute Gasteiger partial charge is 0.497 e. The number of hydrogen-bond donors (Lipinski definition) is 3. The highest BCUT2D eigenvalue weighted by atomic mass is 16.5. The molecule has 170 valence electrons. The van der Waals surface area contributed by atoms with Gasteiger partial charge in [-0.25, -0.2) is 0 Å². The summed E-state index contributed by atoms with van der Waals surface area (Å²) in [4.78, 5) is 0. The van der Waals surface area contributed by atoms with Gasteiger partial charge in [0.15, 0.2) is 0 Å². The van der Waals surface area contributed by atoms with Crippen molar-refractivity contribution in [3.05, 3.63) is 47.3 Å². The van der Waals surface area contributed by atoms with Crippen molar-refractivity contribution in [1.82, 2.24) is 0 Å². The Labute approximate surface area is 183 Å². The van der Waals surface area contributed by atoms with E-state index in [1.165, 1.54) is 0 Å². The van der Waals surface area contributed by atoms with Crippen LogP contribution in [0.15, 0.2) is 47.3 Å². The van der Waals surface area contributed by atoms with Crippen LogP contribution in [0.25, 0.3) is 0 Å². The van der Waals surface area contributed by atoms with Gasteiger partial charge in [0, 0.05) is 12.3 Å². The first-order valence-corrected chi connectivity index (χ1v) is 11.8. The molecule has 0 heterocycles. The molecule has 0 aromatic rings. The summed E-state index contributed by atoms with van der Waals surface area (Å²) in [5, 5.41) is 29.4. The van der Waals surface area contributed by atoms with Crippen molar-refractivity contribution in [3.8, 4) is 0 Å². The van der Waals surface area contributed by atoms with Crippen LogP contribution < -0.4 is 0 Å². The molecule has 0 fully saturated rings. The first-order chi connectivity index (χ1) is 14.5. The molecule has 0 bridgehead atoms. The summed E-state index contributed by atoms with van der Waals surface area (Å²) in [5.41, 5.74) is 1.15. The lowest BCUT2D eigenvalue weighted by molar-refractivity contribution is 0.0195. The van der Waals surface area contributed by atoms with E-state index < -0.39 is 5.60 Å². The molecule has 4 heteroatoms. The summed E-state index contributed by atoms with van der Waals surface area (Å²) in [6, 6.07) is 0. The van der Waals surface area contributed by atoms with E-state index in [2.05, 4.69) is 39.0 Å². The molecule has 0 amide bonds. The molecule has 0 aliphatic heterocycles. The van der Waals surface area contributed by atoms with Gasteiger partial charge in [0.2, 0.25) is 0 Å². The zero-order valence-corrected chi connectivity index (χ0v) is 19.1. The maximum atomic E-state index is 10.5. The van der Waals surface area contributed by atoms with Gasteiger partial charge >= 0.3 is 0 Å². The van der Waals surface area contributed by atoms with Crippen LogP contribution >= 0.6 is 0 Å². The molecule has 0 spiro atoms. The third-order valence-electron chi connectivity index (χ3n) is 7.08. The predicted molar refractivity (Wildman–Crippen MR) is 123 cm³/mol. The molecule has 1 unspecified atom stereocenters. The lowest BCUT2D eigenvalue weighted by Gasteiger charge is -2.30. The minimum absolute atomic E-state index is 0.0239. The van der Waals surface area contributed by atoms with E-state index in [0.29, 0.717) is 18.4 Å². The SMILES string of the molecule is CCC(CCCC(O)(CC)CC)[C@H]1C=CC=C(OC[C@H]2C=C(CO)C(CO)=CC2)C1. The molecule has 0 aromatic heterocycles. The number of allylic oxidation sites excluding steroid dienone is 5. The molecule has 2 rings (SSSR count). The van der Waals surface area contributed by atoms with Gasteiger partial charge in [-0.15, -0.1) is 0 Å². The van der Waals surface area contributed by atoms with Crippen LogP contribution in [0.3, 0.4) is 0 Å². The van der Waals surface area contributed by atoms with Crippen LogP contribution in [0.2, 0.25) is 0 Å². The molecule has 3 atom stereocenters. The molecular formula is C26H42O4. The van der Waals surface area contributed by atoms with Crippen molar-refractivity contribution in [3.63, 3.8) is 0 Å². The van der Waals surface area contributed by atoms with Crippen molar-refractivity contribution in [2.24, 2.45) is 17.8 Å². The zero-order chi connectivity index (χ0) is 22.0. The molecular weight excluding hydrogens is 376 g/mol. The standard InChI is InChI=1S/C26H42O4/c1-4-21(10-8-14-26(29,5-2)6-3)22-9-7-11-25(16-22)30-19-20-12-13-23(17-27)24(15-20)18-28/h7,9,11,13,15,20-22,27-29H,4-6,8,10,12,14,16-19H2,1-3H3/t20-,21?,22+/m1/s1. The van der Waals surface area contributed by atoms with Crippen molar-refractivity contribution in [2.45, 2.75) is 77.7 Å². The summed E-state index contributed by atoms with van der Waals surface area (Å²) in [7, 11) is 0. The Morgan fingerprint density at radius 3 is 2.50 bits per heavy atom. The van der Waals surface area contributed by atoms with E-state index in [1.807, 2.05) is 12.2 Å². The van der Waals surface area contributed by atoms with Gasteiger partial charge in [-0.1, -0.05) is 57.9 Å². The molecule has 2 aliphatic carbocycles. The molecule has 0 saturated heterocycles. The van der Waals surface area contributed by atoms with E-state index >= 15 is 0 Å². The lowest BCUT2D eigenvalue weighted by Crippen LogP contribution is -2.27. The zero-order valence-electron chi connectivity index (χ0n) is 19.1. The number of aliphatic hydroxyl groups excluding tert-OH is 2. The summed E-state index contributed by atoms with van der Waals surface area (Å²) >= 11 is 0. The van der Waals surface area contributed by atoms with Gasteiger partial charge in [0.1, 0.15) is 0 Å². The topological polar surface area (TPSA) is 69.9 Å². The van der Waals surface area contributed by atoms with Gasteiger partial charge in [0.25, 0.3) is 0 Å². The number of rotatable bonds is 13. The van der Waals surface area contributed by atoms with E-state index in [4.69, 9.17) is 4.74 Å². The number of hydrogen-bond acceptors (Lipinski definition) is 4. The minimum atomic E-state index is -0.500. The third kappa shape index (κ3) is 7.11. The summed E-state index contributed by atoms with van der Waals surface area (Å²) in [5.74, 6) is 2.37. The first kappa shape index (κ1) is 24.9. The Morgan fingerprint density at radius 1 is 1.13 bits per heavy atom. The lowest BCUT2D eigenvalue weighted by atomic mass is 9.80. The second kappa shape index (κ2) is 12.5. The van der Waals surface area contributed by atoms with Crippen LogP contribution in [0.4, 0.5) is 0 Å². The highest BCUT2D eigenvalue weighted by molar-refractivity contribution is 5.35. The van der Waals surface area contributed by atoms with Crippen LogP contribution in [0.5, 0.6) is 0 Å². The first-order valence-electron chi connectivity index (χ1n) is 11.8. The number of ether oxygens (including phenoxy) is 1. The normalized spacial score (nSPS) is 22.9. The van der Waals surface area contributed by atoms with Gasteiger partial charge in [-0.2, -0.15) is 0 Å². The summed E-state index contributed by atoms with van der Waals surface area (Å²) in [6.07, 6.45) is 18.2. The summed E-state index contributed by atoms with van der Waals surface area (Å²) < 4.78 is 6.15. The molecule has 2 aliphatic rings. The Hall–Kier alpha value is -1.36. The van der Waals surface area contributed by atoms with Gasteiger partial charge < -0.3 is 20.1 Å². The van der Waals surface area contributed by atoms with Crippen molar-refractivity contribution in [2.75, 3.05) is 19.8 Å². The maximum absolute atomic E-state index is 10.5. The maximum Gasteiger partial charge on any atom is 0.0965 e. The van der Waals surface area contributed by atoms with E-state index in [9.17, 15) is 15.3 Å². The monoisotopic (exact) mass is 418 g/mol. The van der Waals surface area contributed by atoms with Crippen LogP contribution in [0.1, 0.15) is 72.1 Å². The molecule has 30 heavy (non-hydrogen) atoms. The van der Waals surface area contributed by atoms with Crippen LogP contribution in [0, 0.1) is 17.8 Å². The second-order valence-electron chi connectivity index (χ2n) is 8.92. The van der Waals surface area contributed by atoms with Crippen LogP contribution in [-0.2, 0) is 4.74 Å². The summed E-state index contributed by atoms with van der Waals surface area (Å²) in [6.45, 7) is 6.94. The highest BCUT2D eigenvalue weighted by Gasteiger charge is 2.25. The molecule has 0 saturated carbocycles. The fourth-order valence-corrected chi connectivity index (χ4v) is 4.66. The van der Waals surface area contributed by atoms with Crippen molar-refractivity contribution in [1.29, 1.82) is 0 Å². The van der Waals surface area contributed by atoms with E-state index in [1.54, 1.807) is 0 Å². The Balaban J connectivity index is 1.83. The molecule has 0 aromatic carbocycles. The van der Waals surface area contributed by atoms with Crippen molar-refractivity contribution >= 4 is 0 Å². The molecule has 0 radical (unpaired) electrons. The average molecular weight is 419 g/mol. The Morgan fingerprint density at radius 2 is 1.87 bits per heavy atom. The van der Waals surface area contributed by atoms with Crippen molar-refractivity contribution < 1.29 is 20.1 Å². The smallest absolute Gasteiger partial charge is 0.0965 e. The van der Waals surface area contributed by atoms with Gasteiger partial charge in [-0.05, 0) is 61.2 Å². The Bertz CT molecular complexity index is 639. The number of aliphatic hydroxyl groups is 3. The minimum Gasteiger partial charge on any atom is -0.497 e.